The van der Waals surface area contributed by atoms with Crippen LogP contribution < -0.4 is 4.90 Å². The van der Waals surface area contributed by atoms with E-state index in [0.717, 1.165) is 18.5 Å². The van der Waals surface area contributed by atoms with Crippen LogP contribution in [-0.2, 0) is 11.3 Å². The van der Waals surface area contributed by atoms with Crippen LogP contribution in [0.15, 0.2) is 48.5 Å². The van der Waals surface area contributed by atoms with Crippen LogP contribution in [0.2, 0.25) is 0 Å². The Morgan fingerprint density at radius 2 is 1.46 bits per heavy atom. The van der Waals surface area contributed by atoms with Gasteiger partial charge in [-0.1, -0.05) is 62.7 Å². The Bertz CT molecular complexity index is 862. The summed E-state index contributed by atoms with van der Waals surface area (Å²) >= 11 is 0. The molecule has 26 heavy (non-hydrogen) atoms. The van der Waals surface area contributed by atoms with Crippen LogP contribution in [0.4, 0.5) is 5.69 Å². The largest absolute Gasteiger partial charge is 0.307 e. The summed E-state index contributed by atoms with van der Waals surface area (Å²) in [5.41, 5.74) is 7.91. The van der Waals surface area contributed by atoms with E-state index in [2.05, 4.69) is 48.5 Å². The SMILES string of the molecule is CC(C)C(=O)N1Cc2ccccc2C2=C(CCCCC2)c2ccccc21. The number of amides is 1. The zero-order chi connectivity index (χ0) is 18.1. The molecule has 0 aromatic heterocycles. The molecule has 0 N–H and O–H groups in total. The van der Waals surface area contributed by atoms with Gasteiger partial charge in [-0.05, 0) is 54.0 Å². The lowest BCUT2D eigenvalue weighted by Gasteiger charge is -2.32. The average molecular weight is 345 g/mol. The number of rotatable bonds is 1. The van der Waals surface area contributed by atoms with E-state index in [1.807, 2.05) is 18.7 Å². The first-order chi connectivity index (χ1) is 12.7. The van der Waals surface area contributed by atoms with Crippen molar-refractivity contribution in [2.24, 2.45) is 5.92 Å². The highest BCUT2D eigenvalue weighted by atomic mass is 16.2. The first kappa shape index (κ1) is 17.1. The molecule has 0 saturated heterocycles. The highest BCUT2D eigenvalue weighted by Gasteiger charge is 2.28. The summed E-state index contributed by atoms with van der Waals surface area (Å²) < 4.78 is 0. The Balaban J connectivity index is 2.00. The quantitative estimate of drug-likeness (QED) is 0.615. The fourth-order valence-corrected chi connectivity index (χ4v) is 4.36. The third-order valence-electron chi connectivity index (χ3n) is 5.67. The molecule has 134 valence electrons. The minimum Gasteiger partial charge on any atom is -0.307 e. The molecule has 1 amide bonds. The lowest BCUT2D eigenvalue weighted by atomic mass is 9.86. The lowest BCUT2D eigenvalue weighted by Crippen LogP contribution is -2.35. The van der Waals surface area contributed by atoms with Crippen molar-refractivity contribution in [1.29, 1.82) is 0 Å². The zero-order valence-electron chi connectivity index (χ0n) is 15.8. The number of anilines is 1. The summed E-state index contributed by atoms with van der Waals surface area (Å²) in [5.74, 6) is 0.183. The number of fused-ring (bicyclic) bond motifs is 4. The molecule has 2 aromatic carbocycles. The summed E-state index contributed by atoms with van der Waals surface area (Å²) in [6.07, 6.45) is 6.01. The van der Waals surface area contributed by atoms with Crippen LogP contribution in [0.25, 0.3) is 11.1 Å². The maximum Gasteiger partial charge on any atom is 0.229 e. The second kappa shape index (κ2) is 7.11. The van der Waals surface area contributed by atoms with E-state index in [9.17, 15) is 4.79 Å². The number of hydrogen-bond acceptors (Lipinski definition) is 1. The maximum atomic E-state index is 13.1. The molecule has 2 heteroatoms. The van der Waals surface area contributed by atoms with Crippen molar-refractivity contribution < 1.29 is 4.79 Å². The number of carbonyl (C=O) groups excluding carboxylic acids is 1. The van der Waals surface area contributed by atoms with E-state index >= 15 is 0 Å². The predicted molar refractivity (Wildman–Crippen MR) is 109 cm³/mol. The molecule has 4 rings (SSSR count). The fourth-order valence-electron chi connectivity index (χ4n) is 4.36. The monoisotopic (exact) mass is 345 g/mol. The number of carbonyl (C=O) groups is 1. The highest BCUT2D eigenvalue weighted by molar-refractivity contribution is 6.02. The molecule has 2 aromatic rings. The molecule has 0 fully saturated rings. The van der Waals surface area contributed by atoms with Gasteiger partial charge in [0, 0.05) is 11.5 Å². The van der Waals surface area contributed by atoms with Gasteiger partial charge < -0.3 is 4.90 Å². The van der Waals surface area contributed by atoms with Gasteiger partial charge in [0.25, 0.3) is 0 Å². The van der Waals surface area contributed by atoms with Crippen molar-refractivity contribution in [2.45, 2.75) is 52.5 Å². The van der Waals surface area contributed by atoms with Crippen LogP contribution in [0.1, 0.15) is 62.6 Å². The summed E-state index contributed by atoms with van der Waals surface area (Å²) in [6.45, 7) is 4.64. The Kier molecular flexibility index (Phi) is 4.67. The summed E-state index contributed by atoms with van der Waals surface area (Å²) in [7, 11) is 0. The van der Waals surface area contributed by atoms with Crippen LogP contribution in [0.3, 0.4) is 0 Å². The highest BCUT2D eigenvalue weighted by Crippen LogP contribution is 2.43. The molecule has 0 unspecified atom stereocenters. The summed E-state index contributed by atoms with van der Waals surface area (Å²) in [4.78, 5) is 15.1. The van der Waals surface area contributed by atoms with E-state index in [1.54, 1.807) is 0 Å². The van der Waals surface area contributed by atoms with Gasteiger partial charge in [0.1, 0.15) is 0 Å². The zero-order valence-corrected chi connectivity index (χ0v) is 15.8. The molecular weight excluding hydrogens is 318 g/mol. The van der Waals surface area contributed by atoms with Crippen LogP contribution in [0, 0.1) is 5.92 Å². The van der Waals surface area contributed by atoms with E-state index in [4.69, 9.17) is 0 Å². The maximum absolute atomic E-state index is 13.1. The first-order valence-electron chi connectivity index (χ1n) is 9.88. The van der Waals surface area contributed by atoms with Crippen molar-refractivity contribution in [1.82, 2.24) is 0 Å². The van der Waals surface area contributed by atoms with Crippen molar-refractivity contribution in [3.05, 3.63) is 65.2 Å². The Morgan fingerprint density at radius 1 is 0.846 bits per heavy atom. The molecular formula is C24H27NO. The van der Waals surface area contributed by atoms with Gasteiger partial charge >= 0.3 is 0 Å². The molecule has 0 radical (unpaired) electrons. The minimum atomic E-state index is -0.0165. The Labute approximate surface area is 156 Å². The van der Waals surface area contributed by atoms with Crippen molar-refractivity contribution in [2.75, 3.05) is 4.90 Å². The molecule has 2 nitrogen and oxygen atoms in total. The van der Waals surface area contributed by atoms with Gasteiger partial charge in [-0.25, -0.2) is 0 Å². The fraction of sp³-hybridized carbons (Fsp3) is 0.375. The van der Waals surface area contributed by atoms with Crippen LogP contribution in [-0.4, -0.2) is 5.91 Å². The molecule has 1 aliphatic carbocycles. The Morgan fingerprint density at radius 3 is 2.19 bits per heavy atom. The van der Waals surface area contributed by atoms with Gasteiger partial charge in [-0.3, -0.25) is 4.79 Å². The average Bonchev–Trinajstić information content (AvgIpc) is 2.90. The molecule has 2 aliphatic rings. The van der Waals surface area contributed by atoms with Gasteiger partial charge in [0.15, 0.2) is 0 Å². The molecule has 1 heterocycles. The van der Waals surface area contributed by atoms with Gasteiger partial charge in [0.05, 0.1) is 12.2 Å². The standard InChI is InChI=1S/C24H27NO/c1-17(2)24(26)25-16-18-10-6-7-11-19(18)20-12-4-3-5-13-21(20)22-14-8-9-15-23(22)25/h6-11,14-15,17H,3-5,12-13,16H2,1-2H3. The minimum absolute atomic E-state index is 0.0165. The normalized spacial score (nSPS) is 17.0. The topological polar surface area (TPSA) is 20.3 Å². The van der Waals surface area contributed by atoms with E-state index < -0.39 is 0 Å². The second-order valence-corrected chi connectivity index (χ2v) is 7.77. The lowest BCUT2D eigenvalue weighted by molar-refractivity contribution is -0.121. The van der Waals surface area contributed by atoms with E-state index in [-0.39, 0.29) is 11.8 Å². The van der Waals surface area contributed by atoms with E-state index in [0.29, 0.717) is 6.54 Å². The molecule has 0 saturated carbocycles. The first-order valence-corrected chi connectivity index (χ1v) is 9.88. The number of allylic oxidation sites excluding steroid dienone is 2. The molecule has 1 aliphatic heterocycles. The van der Waals surface area contributed by atoms with E-state index in [1.165, 1.54) is 47.1 Å². The third kappa shape index (κ3) is 2.98. The van der Waals surface area contributed by atoms with Gasteiger partial charge in [-0.2, -0.15) is 0 Å². The van der Waals surface area contributed by atoms with Crippen LogP contribution >= 0.6 is 0 Å². The third-order valence-corrected chi connectivity index (χ3v) is 5.67. The van der Waals surface area contributed by atoms with Gasteiger partial charge in [0.2, 0.25) is 5.91 Å². The smallest absolute Gasteiger partial charge is 0.229 e. The van der Waals surface area contributed by atoms with Crippen molar-refractivity contribution in [3.63, 3.8) is 0 Å². The number of nitrogens with zero attached hydrogens (tertiary/aromatic N) is 1. The Hall–Kier alpha value is -2.35. The number of benzene rings is 2. The molecule has 0 atom stereocenters. The summed E-state index contributed by atoms with van der Waals surface area (Å²) in [5, 5.41) is 0. The predicted octanol–water partition coefficient (Wildman–Crippen LogP) is 6.06. The van der Waals surface area contributed by atoms with Crippen molar-refractivity contribution in [3.8, 4) is 0 Å². The second-order valence-electron chi connectivity index (χ2n) is 7.77. The van der Waals surface area contributed by atoms with Gasteiger partial charge in [-0.15, -0.1) is 0 Å². The molecule has 0 spiro atoms. The molecule has 0 bridgehead atoms. The van der Waals surface area contributed by atoms with Crippen LogP contribution in [0.5, 0.6) is 0 Å². The number of hydrogen-bond donors (Lipinski definition) is 0. The summed E-state index contributed by atoms with van der Waals surface area (Å²) in [6, 6.07) is 17.2. The number of para-hydroxylation sites is 1. The van der Waals surface area contributed by atoms with Crippen molar-refractivity contribution >= 4 is 22.7 Å².